The number of amides is 3. The number of benzene rings is 1. The van der Waals surface area contributed by atoms with E-state index in [2.05, 4.69) is 30.1 Å². The van der Waals surface area contributed by atoms with E-state index in [0.717, 1.165) is 16.9 Å². The summed E-state index contributed by atoms with van der Waals surface area (Å²) in [4.78, 5) is 40.6. The van der Waals surface area contributed by atoms with Crippen molar-refractivity contribution in [2.75, 3.05) is 25.4 Å². The summed E-state index contributed by atoms with van der Waals surface area (Å²) in [5, 5.41) is 2.16. The van der Waals surface area contributed by atoms with Crippen molar-refractivity contribution in [1.29, 1.82) is 0 Å². The number of nitrogens with zero attached hydrogens (tertiary/aromatic N) is 2. The highest BCUT2D eigenvalue weighted by atomic mass is 32.2. The molecule has 2 aliphatic heterocycles. The van der Waals surface area contributed by atoms with E-state index in [1.165, 1.54) is 69.5 Å². The maximum Gasteiger partial charge on any atom is 0.254 e. The zero-order valence-corrected chi connectivity index (χ0v) is 22.6. The van der Waals surface area contributed by atoms with Crippen molar-refractivity contribution in [2.45, 2.75) is 96.0 Å². The molecule has 2 heterocycles. The Balaban J connectivity index is 1.34. The minimum absolute atomic E-state index is 0.0445. The van der Waals surface area contributed by atoms with Gasteiger partial charge in [0.2, 0.25) is 12.3 Å². The van der Waals surface area contributed by atoms with Crippen molar-refractivity contribution in [3.05, 3.63) is 29.3 Å². The first-order valence-corrected chi connectivity index (χ1v) is 14.3. The van der Waals surface area contributed by atoms with Gasteiger partial charge in [-0.2, -0.15) is 0 Å². The molecule has 0 radical (unpaired) electrons. The molecule has 35 heavy (non-hydrogen) atoms. The number of unbranched alkanes of at least 4 members (excludes halogenated alkanes) is 4. The van der Waals surface area contributed by atoms with E-state index in [4.69, 9.17) is 0 Å². The minimum atomic E-state index is -0.303. The molecule has 0 spiro atoms. The fraction of sp³-hybridized carbons (Fsp3) is 0.679. The number of nitrogens with one attached hydrogen (secondary N) is 1. The standard InChI is InChI=1S/C28H43N3O3S/c1-22(12-13-26(33)29-21-32)31-20-24-23(27(31)34)10-9-11-25(24)35-19-8-6-4-5-7-16-30-17-14-28(2,3)15-18-30/h9-11,21-22H,4-8,12-20H2,1-3H3,(H,29,32,33). The number of carbonyl (C=O) groups excluding carboxylic acids is 3. The van der Waals surface area contributed by atoms with Gasteiger partial charge >= 0.3 is 0 Å². The summed E-state index contributed by atoms with van der Waals surface area (Å²) in [6.07, 6.45) is 10.2. The third-order valence-electron chi connectivity index (χ3n) is 7.58. The highest BCUT2D eigenvalue weighted by Gasteiger charge is 2.32. The van der Waals surface area contributed by atoms with E-state index in [1.54, 1.807) is 0 Å². The van der Waals surface area contributed by atoms with Crippen LogP contribution in [-0.2, 0) is 16.1 Å². The summed E-state index contributed by atoms with van der Waals surface area (Å²) >= 11 is 1.86. The van der Waals surface area contributed by atoms with E-state index < -0.39 is 0 Å². The normalized spacial score (nSPS) is 18.4. The topological polar surface area (TPSA) is 69.7 Å². The quantitative estimate of drug-likeness (QED) is 0.214. The Kier molecular flexibility index (Phi) is 10.7. The second kappa shape index (κ2) is 13.4. The Morgan fingerprint density at radius 1 is 1.14 bits per heavy atom. The van der Waals surface area contributed by atoms with Gasteiger partial charge in [0.25, 0.3) is 5.91 Å². The van der Waals surface area contributed by atoms with Gasteiger partial charge in [-0.1, -0.05) is 39.2 Å². The molecule has 1 aromatic rings. The van der Waals surface area contributed by atoms with E-state index in [-0.39, 0.29) is 24.3 Å². The van der Waals surface area contributed by atoms with Gasteiger partial charge in [0.1, 0.15) is 0 Å². The molecule has 1 unspecified atom stereocenters. The second-order valence-corrected chi connectivity index (χ2v) is 12.0. The summed E-state index contributed by atoms with van der Waals surface area (Å²) in [6.45, 7) is 11.1. The summed E-state index contributed by atoms with van der Waals surface area (Å²) in [6, 6.07) is 5.97. The van der Waals surface area contributed by atoms with Crippen molar-refractivity contribution in [1.82, 2.24) is 15.1 Å². The summed E-state index contributed by atoms with van der Waals surface area (Å²) in [5.41, 5.74) is 2.45. The molecule has 3 rings (SSSR count). The number of imide groups is 1. The lowest BCUT2D eigenvalue weighted by atomic mass is 9.82. The Morgan fingerprint density at radius 3 is 2.60 bits per heavy atom. The van der Waals surface area contributed by atoms with Gasteiger partial charge in [0.15, 0.2) is 0 Å². The van der Waals surface area contributed by atoms with Crippen LogP contribution in [0.15, 0.2) is 23.1 Å². The number of piperidine rings is 1. The second-order valence-electron chi connectivity index (χ2n) is 10.9. The molecule has 1 N–H and O–H groups in total. The largest absolute Gasteiger partial charge is 0.332 e. The van der Waals surface area contributed by atoms with Gasteiger partial charge in [0, 0.05) is 29.5 Å². The minimum Gasteiger partial charge on any atom is -0.332 e. The molecule has 1 aromatic carbocycles. The van der Waals surface area contributed by atoms with Gasteiger partial charge in [-0.3, -0.25) is 19.7 Å². The molecule has 3 amide bonds. The van der Waals surface area contributed by atoms with Crippen LogP contribution in [0.5, 0.6) is 0 Å². The molecule has 0 aliphatic carbocycles. The van der Waals surface area contributed by atoms with Gasteiger partial charge in [-0.25, -0.2) is 0 Å². The van der Waals surface area contributed by atoms with Crippen molar-refractivity contribution in [3.8, 4) is 0 Å². The van der Waals surface area contributed by atoms with Crippen LogP contribution in [0.25, 0.3) is 0 Å². The number of hydrogen-bond acceptors (Lipinski definition) is 5. The molecule has 194 valence electrons. The molecule has 7 heteroatoms. The van der Waals surface area contributed by atoms with Crippen LogP contribution in [-0.4, -0.2) is 59.5 Å². The molecular weight excluding hydrogens is 458 g/mol. The van der Waals surface area contributed by atoms with Gasteiger partial charge in [-0.05, 0) is 87.5 Å². The molecule has 0 saturated carbocycles. The SMILES string of the molecule is CC(CCC(=O)NC=O)N1Cc2c(SCCCCCCCN3CCC(C)(C)CC3)cccc2C1=O. The summed E-state index contributed by atoms with van der Waals surface area (Å²) < 4.78 is 0. The maximum absolute atomic E-state index is 12.9. The molecule has 1 atom stereocenters. The fourth-order valence-corrected chi connectivity index (χ4v) is 6.07. The lowest BCUT2D eigenvalue weighted by Gasteiger charge is -2.36. The molecule has 1 fully saturated rings. The van der Waals surface area contributed by atoms with Crippen molar-refractivity contribution >= 4 is 30.0 Å². The third-order valence-corrected chi connectivity index (χ3v) is 8.77. The van der Waals surface area contributed by atoms with Crippen LogP contribution >= 0.6 is 11.8 Å². The monoisotopic (exact) mass is 501 g/mol. The molecule has 6 nitrogen and oxygen atoms in total. The first-order valence-electron chi connectivity index (χ1n) is 13.3. The number of hydrogen-bond donors (Lipinski definition) is 1. The number of carbonyl (C=O) groups is 3. The Labute approximate surface area is 215 Å². The number of fused-ring (bicyclic) bond motifs is 1. The van der Waals surface area contributed by atoms with Crippen molar-refractivity contribution in [2.24, 2.45) is 5.41 Å². The first-order chi connectivity index (χ1) is 16.8. The van der Waals surface area contributed by atoms with Crippen LogP contribution in [0.2, 0.25) is 0 Å². The van der Waals surface area contributed by atoms with Crippen molar-refractivity contribution < 1.29 is 14.4 Å². The Bertz CT molecular complexity index is 863. The van der Waals surface area contributed by atoms with Crippen LogP contribution in [0.4, 0.5) is 0 Å². The van der Waals surface area contributed by atoms with Crippen LogP contribution in [0, 0.1) is 5.41 Å². The van der Waals surface area contributed by atoms with E-state index in [0.29, 0.717) is 24.8 Å². The van der Waals surface area contributed by atoms with Crippen LogP contribution in [0.1, 0.15) is 94.5 Å². The molecule has 2 aliphatic rings. The third kappa shape index (κ3) is 8.35. The Morgan fingerprint density at radius 2 is 1.86 bits per heavy atom. The zero-order chi connectivity index (χ0) is 25.3. The van der Waals surface area contributed by atoms with Crippen LogP contribution < -0.4 is 5.32 Å². The lowest BCUT2D eigenvalue weighted by molar-refractivity contribution is -0.125. The summed E-state index contributed by atoms with van der Waals surface area (Å²) in [7, 11) is 0. The highest BCUT2D eigenvalue weighted by molar-refractivity contribution is 7.99. The van der Waals surface area contributed by atoms with Gasteiger partial charge in [-0.15, -0.1) is 11.8 Å². The first kappa shape index (κ1) is 27.7. The molecule has 1 saturated heterocycles. The highest BCUT2D eigenvalue weighted by Crippen LogP contribution is 2.34. The van der Waals surface area contributed by atoms with Gasteiger partial charge in [0.05, 0.1) is 0 Å². The van der Waals surface area contributed by atoms with Gasteiger partial charge < -0.3 is 9.80 Å². The molecular formula is C28H43N3O3S. The predicted molar refractivity (Wildman–Crippen MR) is 142 cm³/mol. The number of likely N-dealkylation sites (tertiary alicyclic amines) is 1. The molecule has 0 aromatic heterocycles. The average Bonchev–Trinajstić information content (AvgIpc) is 3.17. The van der Waals surface area contributed by atoms with Crippen LogP contribution in [0.3, 0.4) is 0 Å². The van der Waals surface area contributed by atoms with E-state index in [1.807, 2.05) is 35.7 Å². The maximum atomic E-state index is 12.9. The van der Waals surface area contributed by atoms with E-state index in [9.17, 15) is 14.4 Å². The number of thioether (sulfide) groups is 1. The summed E-state index contributed by atoms with van der Waals surface area (Å²) in [5.74, 6) is 0.818. The molecule has 0 bridgehead atoms. The van der Waals surface area contributed by atoms with Crippen molar-refractivity contribution in [3.63, 3.8) is 0 Å². The Hall–Kier alpha value is -1.86. The number of rotatable bonds is 14. The fourth-order valence-electron chi connectivity index (χ4n) is 4.98. The van der Waals surface area contributed by atoms with E-state index >= 15 is 0 Å². The predicted octanol–water partition coefficient (Wildman–Crippen LogP) is 5.25. The average molecular weight is 502 g/mol. The smallest absolute Gasteiger partial charge is 0.254 e. The zero-order valence-electron chi connectivity index (χ0n) is 21.8. The lowest BCUT2D eigenvalue weighted by Crippen LogP contribution is -2.37.